The molecule has 3 heterocycles. The number of aromatic nitrogens is 3. The number of ether oxygens (including phenoxy) is 1. The molecule has 7 heteroatoms. The van der Waals surface area contributed by atoms with Gasteiger partial charge in [0.05, 0.1) is 18.3 Å². The third-order valence-electron chi connectivity index (χ3n) is 6.19. The van der Waals surface area contributed by atoms with E-state index in [1.807, 2.05) is 29.1 Å². The Morgan fingerprint density at radius 1 is 0.939 bits per heavy atom. The van der Waals surface area contributed by atoms with E-state index < -0.39 is 0 Å². The van der Waals surface area contributed by atoms with E-state index in [2.05, 4.69) is 10.00 Å². The molecule has 6 nitrogen and oxygen atoms in total. The Balaban J connectivity index is 1.28. The number of rotatable bonds is 7. The number of hydrogen-bond acceptors (Lipinski definition) is 4. The lowest BCUT2D eigenvalue weighted by Crippen LogP contribution is -2.32. The van der Waals surface area contributed by atoms with Crippen molar-refractivity contribution >= 4 is 10.9 Å². The van der Waals surface area contributed by atoms with Crippen molar-refractivity contribution in [1.82, 2.24) is 19.2 Å². The fourth-order valence-electron chi connectivity index (χ4n) is 4.33. The van der Waals surface area contributed by atoms with Crippen molar-refractivity contribution in [3.8, 4) is 11.4 Å². The molecule has 2 aromatic heterocycles. The van der Waals surface area contributed by atoms with Crippen LogP contribution in [-0.4, -0.2) is 38.9 Å². The van der Waals surface area contributed by atoms with Crippen molar-refractivity contribution in [3.63, 3.8) is 0 Å². The van der Waals surface area contributed by atoms with E-state index in [0.717, 1.165) is 35.2 Å². The van der Waals surface area contributed by atoms with Gasteiger partial charge in [-0.1, -0.05) is 18.6 Å². The molecule has 1 saturated heterocycles. The van der Waals surface area contributed by atoms with Crippen molar-refractivity contribution in [1.29, 1.82) is 0 Å². The summed E-state index contributed by atoms with van der Waals surface area (Å²) in [4.78, 5) is 15.2. The second-order valence-corrected chi connectivity index (χ2v) is 8.50. The molecular formula is C26H27FN4O2. The number of pyridine rings is 1. The van der Waals surface area contributed by atoms with Crippen LogP contribution in [0.25, 0.3) is 16.6 Å². The van der Waals surface area contributed by atoms with Gasteiger partial charge < -0.3 is 9.64 Å². The molecule has 33 heavy (non-hydrogen) atoms. The molecule has 1 aliphatic heterocycles. The normalized spacial score (nSPS) is 14.6. The predicted molar refractivity (Wildman–Crippen MR) is 126 cm³/mol. The second kappa shape index (κ2) is 9.58. The van der Waals surface area contributed by atoms with Crippen molar-refractivity contribution in [3.05, 3.63) is 88.7 Å². The summed E-state index contributed by atoms with van der Waals surface area (Å²) in [5.41, 5.74) is 2.52. The van der Waals surface area contributed by atoms with Crippen molar-refractivity contribution in [2.45, 2.75) is 32.4 Å². The molecule has 170 valence electrons. The maximum Gasteiger partial charge on any atom is 0.258 e. The number of piperidine rings is 1. The molecule has 0 unspecified atom stereocenters. The minimum absolute atomic E-state index is 0.177. The maximum atomic E-state index is 13.0. The standard InChI is InChI=1S/C26H27FN4O2/c27-22-6-4-20(5-7-22)19-33-24-10-13-30(26(32)17-24)23-8-9-25-21(16-23)18-28-31(25)15-14-29-11-2-1-3-12-29/h4-10,13,16-18H,1-3,11-12,14-15,19H2. The summed E-state index contributed by atoms with van der Waals surface area (Å²) in [6.45, 7) is 4.50. The quantitative estimate of drug-likeness (QED) is 0.423. The van der Waals surface area contributed by atoms with E-state index in [1.54, 1.807) is 29.0 Å². The summed E-state index contributed by atoms with van der Waals surface area (Å²) in [5, 5.41) is 5.58. The smallest absolute Gasteiger partial charge is 0.258 e. The Bertz CT molecular complexity index is 1290. The van der Waals surface area contributed by atoms with E-state index in [-0.39, 0.29) is 18.0 Å². The topological polar surface area (TPSA) is 52.3 Å². The van der Waals surface area contributed by atoms with Gasteiger partial charge in [-0.05, 0) is 67.9 Å². The molecule has 5 rings (SSSR count). The number of benzene rings is 2. The lowest BCUT2D eigenvalue weighted by molar-refractivity contribution is 0.219. The van der Waals surface area contributed by atoms with Gasteiger partial charge >= 0.3 is 0 Å². The zero-order valence-corrected chi connectivity index (χ0v) is 18.5. The van der Waals surface area contributed by atoms with Gasteiger partial charge in [0.2, 0.25) is 0 Å². The highest BCUT2D eigenvalue weighted by Crippen LogP contribution is 2.19. The van der Waals surface area contributed by atoms with Gasteiger partial charge in [0.1, 0.15) is 18.2 Å². The fourth-order valence-corrected chi connectivity index (χ4v) is 4.33. The zero-order chi connectivity index (χ0) is 22.6. The van der Waals surface area contributed by atoms with Crippen LogP contribution in [0.1, 0.15) is 24.8 Å². The summed E-state index contributed by atoms with van der Waals surface area (Å²) >= 11 is 0. The Morgan fingerprint density at radius 2 is 1.76 bits per heavy atom. The first kappa shape index (κ1) is 21.4. The molecule has 0 atom stereocenters. The SMILES string of the molecule is O=c1cc(OCc2ccc(F)cc2)ccn1-c1ccc2c(cnn2CCN2CCCCC2)c1. The monoisotopic (exact) mass is 446 g/mol. The first-order valence-corrected chi connectivity index (χ1v) is 11.4. The van der Waals surface area contributed by atoms with Gasteiger partial charge in [0, 0.05) is 29.9 Å². The van der Waals surface area contributed by atoms with Gasteiger partial charge in [-0.25, -0.2) is 4.39 Å². The minimum atomic E-state index is -0.286. The molecule has 0 bridgehead atoms. The largest absolute Gasteiger partial charge is 0.489 e. The molecule has 4 aromatic rings. The highest BCUT2D eigenvalue weighted by atomic mass is 19.1. The molecule has 1 fully saturated rings. The Labute approximate surface area is 191 Å². The summed E-state index contributed by atoms with van der Waals surface area (Å²) in [7, 11) is 0. The summed E-state index contributed by atoms with van der Waals surface area (Å²) < 4.78 is 22.4. The Hall–Kier alpha value is -3.45. The molecule has 2 aromatic carbocycles. The highest BCUT2D eigenvalue weighted by molar-refractivity contribution is 5.80. The molecule has 0 amide bonds. The summed E-state index contributed by atoms with van der Waals surface area (Å²) in [6.07, 6.45) is 7.48. The van der Waals surface area contributed by atoms with Crippen LogP contribution in [0.2, 0.25) is 0 Å². The van der Waals surface area contributed by atoms with Crippen LogP contribution in [0.4, 0.5) is 4.39 Å². The Kier molecular flexibility index (Phi) is 6.21. The van der Waals surface area contributed by atoms with E-state index in [1.165, 1.54) is 50.6 Å². The number of nitrogens with zero attached hydrogens (tertiary/aromatic N) is 4. The van der Waals surface area contributed by atoms with Crippen molar-refractivity contribution < 1.29 is 9.13 Å². The predicted octanol–water partition coefficient (Wildman–Crippen LogP) is 4.39. The third-order valence-corrected chi connectivity index (χ3v) is 6.19. The van der Waals surface area contributed by atoms with E-state index >= 15 is 0 Å². The molecule has 0 N–H and O–H groups in total. The molecular weight excluding hydrogens is 419 g/mol. The molecule has 0 saturated carbocycles. The van der Waals surface area contributed by atoms with Crippen LogP contribution in [0.5, 0.6) is 5.75 Å². The van der Waals surface area contributed by atoms with Crippen LogP contribution in [0, 0.1) is 5.82 Å². The zero-order valence-electron chi connectivity index (χ0n) is 18.5. The van der Waals surface area contributed by atoms with Crippen LogP contribution in [0.3, 0.4) is 0 Å². The maximum absolute atomic E-state index is 13.0. The third kappa shape index (κ3) is 4.98. The number of fused-ring (bicyclic) bond motifs is 1. The van der Waals surface area contributed by atoms with E-state index in [0.29, 0.717) is 5.75 Å². The molecule has 0 aliphatic carbocycles. The lowest BCUT2D eigenvalue weighted by Gasteiger charge is -2.26. The summed E-state index contributed by atoms with van der Waals surface area (Å²) in [5.74, 6) is 0.193. The van der Waals surface area contributed by atoms with E-state index in [9.17, 15) is 9.18 Å². The average molecular weight is 447 g/mol. The highest BCUT2D eigenvalue weighted by Gasteiger charge is 2.11. The van der Waals surface area contributed by atoms with Gasteiger partial charge in [-0.3, -0.25) is 14.0 Å². The number of halogens is 1. The van der Waals surface area contributed by atoms with Crippen LogP contribution < -0.4 is 10.3 Å². The van der Waals surface area contributed by atoms with Gasteiger partial charge in [0.25, 0.3) is 5.56 Å². The average Bonchev–Trinajstić information content (AvgIpc) is 3.25. The van der Waals surface area contributed by atoms with Crippen molar-refractivity contribution in [2.75, 3.05) is 19.6 Å². The second-order valence-electron chi connectivity index (χ2n) is 8.50. The van der Waals surface area contributed by atoms with Crippen molar-refractivity contribution in [2.24, 2.45) is 0 Å². The number of likely N-dealkylation sites (tertiary alicyclic amines) is 1. The van der Waals surface area contributed by atoms with Gasteiger partial charge in [-0.2, -0.15) is 5.10 Å². The Morgan fingerprint density at radius 3 is 2.55 bits per heavy atom. The van der Waals surface area contributed by atoms with Crippen LogP contribution in [0.15, 0.2) is 71.8 Å². The van der Waals surface area contributed by atoms with Gasteiger partial charge in [-0.15, -0.1) is 0 Å². The fraction of sp³-hybridized carbons (Fsp3) is 0.308. The lowest BCUT2D eigenvalue weighted by atomic mass is 10.1. The molecule has 1 aliphatic rings. The van der Waals surface area contributed by atoms with E-state index in [4.69, 9.17) is 4.74 Å². The summed E-state index contributed by atoms with van der Waals surface area (Å²) in [6, 6.07) is 15.3. The molecule has 0 spiro atoms. The molecule has 0 radical (unpaired) electrons. The number of hydrogen-bond donors (Lipinski definition) is 0. The van der Waals surface area contributed by atoms with Crippen LogP contribution in [-0.2, 0) is 13.2 Å². The van der Waals surface area contributed by atoms with Crippen LogP contribution >= 0.6 is 0 Å². The first-order valence-electron chi connectivity index (χ1n) is 11.4. The van der Waals surface area contributed by atoms with Gasteiger partial charge in [0.15, 0.2) is 0 Å². The minimum Gasteiger partial charge on any atom is -0.489 e. The first-order chi connectivity index (χ1) is 16.2.